The van der Waals surface area contributed by atoms with Crippen LogP contribution in [-0.2, 0) is 4.79 Å². The molecule has 1 heterocycles. The monoisotopic (exact) mass is 169 g/mol. The second-order valence-corrected chi connectivity index (χ2v) is 4.22. The van der Waals surface area contributed by atoms with Crippen LogP contribution in [0.5, 0.6) is 0 Å². The lowest BCUT2D eigenvalue weighted by Crippen LogP contribution is -2.20. The fourth-order valence-electron chi connectivity index (χ4n) is 1.80. The molecule has 1 N–H and O–H groups in total. The van der Waals surface area contributed by atoms with E-state index in [0.29, 0.717) is 0 Å². The summed E-state index contributed by atoms with van der Waals surface area (Å²) in [4.78, 5) is 11.0. The number of carbonyl (C=O) groups is 1. The molecule has 1 aliphatic rings. The molecule has 0 radical (unpaired) electrons. The lowest BCUT2D eigenvalue weighted by atomic mass is 9.84. The third kappa shape index (κ3) is 2.50. The van der Waals surface area contributed by atoms with Crippen molar-refractivity contribution in [3.8, 4) is 0 Å². The molecular formula is C10H19NO. The molecule has 0 aliphatic carbocycles. The van der Waals surface area contributed by atoms with Crippen molar-refractivity contribution in [1.29, 1.82) is 0 Å². The maximum Gasteiger partial charge on any atom is 0.220 e. The number of unbranched alkanes of at least 4 members (excludes halogenated alkanes) is 2. The largest absolute Gasteiger partial charge is 0.356 e. The summed E-state index contributed by atoms with van der Waals surface area (Å²) < 4.78 is 0. The quantitative estimate of drug-likeness (QED) is 0.641. The standard InChI is InChI=1S/C10H19NO/c1-3-4-5-6-10(2)7-9(12)11-8-10/h3-8H2,1-2H3,(H,11,12). The number of nitrogens with one attached hydrogen (secondary N) is 1. The number of hydrogen-bond donors (Lipinski definition) is 1. The molecule has 1 unspecified atom stereocenters. The Morgan fingerprint density at radius 3 is 2.75 bits per heavy atom. The van der Waals surface area contributed by atoms with E-state index in [1.165, 1.54) is 25.7 Å². The third-order valence-corrected chi connectivity index (χ3v) is 2.68. The van der Waals surface area contributed by atoms with Gasteiger partial charge in [0.25, 0.3) is 0 Å². The van der Waals surface area contributed by atoms with E-state index in [0.717, 1.165) is 13.0 Å². The van der Waals surface area contributed by atoms with Gasteiger partial charge in [-0.1, -0.05) is 33.1 Å². The molecule has 1 aliphatic heterocycles. The molecule has 2 nitrogen and oxygen atoms in total. The Labute approximate surface area is 74.7 Å². The van der Waals surface area contributed by atoms with Gasteiger partial charge in [0, 0.05) is 13.0 Å². The molecule has 1 rings (SSSR count). The zero-order chi connectivity index (χ0) is 9.03. The molecule has 1 fully saturated rings. The Balaban J connectivity index is 2.25. The summed E-state index contributed by atoms with van der Waals surface area (Å²) in [5.74, 6) is 0.231. The molecule has 0 aromatic carbocycles. The molecule has 1 atom stereocenters. The Morgan fingerprint density at radius 2 is 2.25 bits per heavy atom. The number of hydrogen-bond acceptors (Lipinski definition) is 1. The van der Waals surface area contributed by atoms with Crippen LogP contribution in [0.2, 0.25) is 0 Å². The van der Waals surface area contributed by atoms with Crippen LogP contribution in [0.4, 0.5) is 0 Å². The highest BCUT2D eigenvalue weighted by molar-refractivity contribution is 5.79. The molecular weight excluding hydrogens is 150 g/mol. The van der Waals surface area contributed by atoms with Crippen molar-refractivity contribution in [3.63, 3.8) is 0 Å². The van der Waals surface area contributed by atoms with E-state index >= 15 is 0 Å². The SMILES string of the molecule is CCCCCC1(C)CNC(=O)C1. The normalized spacial score (nSPS) is 29.0. The first-order valence-corrected chi connectivity index (χ1v) is 4.93. The van der Waals surface area contributed by atoms with Crippen molar-refractivity contribution in [2.75, 3.05) is 6.54 Å². The fourth-order valence-corrected chi connectivity index (χ4v) is 1.80. The Hall–Kier alpha value is -0.530. The zero-order valence-corrected chi connectivity index (χ0v) is 8.15. The van der Waals surface area contributed by atoms with Crippen LogP contribution >= 0.6 is 0 Å². The Bertz CT molecular complexity index is 167. The minimum atomic E-state index is 0.231. The second kappa shape index (κ2) is 3.92. The van der Waals surface area contributed by atoms with Crippen LogP contribution in [-0.4, -0.2) is 12.5 Å². The van der Waals surface area contributed by atoms with E-state index in [1.54, 1.807) is 0 Å². The van der Waals surface area contributed by atoms with Crippen molar-refractivity contribution in [3.05, 3.63) is 0 Å². The van der Waals surface area contributed by atoms with Gasteiger partial charge in [0.2, 0.25) is 5.91 Å². The summed E-state index contributed by atoms with van der Waals surface area (Å²) >= 11 is 0. The topological polar surface area (TPSA) is 29.1 Å². The van der Waals surface area contributed by atoms with Gasteiger partial charge in [0.1, 0.15) is 0 Å². The number of rotatable bonds is 4. The van der Waals surface area contributed by atoms with Crippen LogP contribution in [0.3, 0.4) is 0 Å². The van der Waals surface area contributed by atoms with Crippen LogP contribution < -0.4 is 5.32 Å². The Kier molecular flexibility index (Phi) is 3.12. The van der Waals surface area contributed by atoms with Gasteiger partial charge < -0.3 is 5.32 Å². The molecule has 0 saturated carbocycles. The second-order valence-electron chi connectivity index (χ2n) is 4.22. The summed E-state index contributed by atoms with van der Waals surface area (Å²) in [5, 5.41) is 2.90. The molecule has 0 bridgehead atoms. The minimum absolute atomic E-state index is 0.231. The molecule has 0 aromatic heterocycles. The minimum Gasteiger partial charge on any atom is -0.356 e. The van der Waals surface area contributed by atoms with Gasteiger partial charge in [0.05, 0.1) is 0 Å². The van der Waals surface area contributed by atoms with Crippen LogP contribution in [0, 0.1) is 5.41 Å². The van der Waals surface area contributed by atoms with Crippen LogP contribution in [0.15, 0.2) is 0 Å². The van der Waals surface area contributed by atoms with Crippen molar-refractivity contribution < 1.29 is 4.79 Å². The predicted octanol–water partition coefficient (Wildman–Crippen LogP) is 2.09. The molecule has 0 aromatic rings. The summed E-state index contributed by atoms with van der Waals surface area (Å²) in [6.45, 7) is 5.30. The van der Waals surface area contributed by atoms with Crippen LogP contribution in [0.1, 0.15) is 46.0 Å². The van der Waals surface area contributed by atoms with Crippen molar-refractivity contribution >= 4 is 5.91 Å². The molecule has 1 saturated heterocycles. The fraction of sp³-hybridized carbons (Fsp3) is 0.900. The van der Waals surface area contributed by atoms with Gasteiger partial charge in [-0.05, 0) is 11.8 Å². The summed E-state index contributed by atoms with van der Waals surface area (Å²) in [7, 11) is 0. The average molecular weight is 169 g/mol. The molecule has 12 heavy (non-hydrogen) atoms. The first-order chi connectivity index (χ1) is 5.66. The summed E-state index contributed by atoms with van der Waals surface area (Å²) in [6, 6.07) is 0. The molecule has 1 amide bonds. The highest BCUT2D eigenvalue weighted by Crippen LogP contribution is 2.31. The van der Waals surface area contributed by atoms with E-state index < -0.39 is 0 Å². The zero-order valence-electron chi connectivity index (χ0n) is 8.15. The van der Waals surface area contributed by atoms with E-state index in [1.807, 2.05) is 0 Å². The van der Waals surface area contributed by atoms with Crippen LogP contribution in [0.25, 0.3) is 0 Å². The lowest BCUT2D eigenvalue weighted by molar-refractivity contribution is -0.119. The highest BCUT2D eigenvalue weighted by atomic mass is 16.1. The number of carbonyl (C=O) groups excluding carboxylic acids is 1. The van der Waals surface area contributed by atoms with Gasteiger partial charge in [-0.15, -0.1) is 0 Å². The maximum atomic E-state index is 11.0. The average Bonchev–Trinajstić information content (AvgIpc) is 2.32. The van der Waals surface area contributed by atoms with Gasteiger partial charge in [-0.2, -0.15) is 0 Å². The predicted molar refractivity (Wildman–Crippen MR) is 49.9 cm³/mol. The molecule has 70 valence electrons. The van der Waals surface area contributed by atoms with E-state index in [-0.39, 0.29) is 11.3 Å². The summed E-state index contributed by atoms with van der Waals surface area (Å²) in [5.41, 5.74) is 0.256. The Morgan fingerprint density at radius 1 is 1.50 bits per heavy atom. The smallest absolute Gasteiger partial charge is 0.220 e. The van der Waals surface area contributed by atoms with Gasteiger partial charge in [-0.25, -0.2) is 0 Å². The lowest BCUT2D eigenvalue weighted by Gasteiger charge is -2.20. The van der Waals surface area contributed by atoms with Gasteiger partial charge >= 0.3 is 0 Å². The van der Waals surface area contributed by atoms with Gasteiger partial charge in [-0.3, -0.25) is 4.79 Å². The van der Waals surface area contributed by atoms with Crippen molar-refractivity contribution in [1.82, 2.24) is 5.32 Å². The van der Waals surface area contributed by atoms with Crippen molar-refractivity contribution in [2.24, 2.45) is 5.41 Å². The maximum absolute atomic E-state index is 11.0. The molecule has 2 heteroatoms. The van der Waals surface area contributed by atoms with E-state index in [9.17, 15) is 4.79 Å². The highest BCUT2D eigenvalue weighted by Gasteiger charge is 2.32. The third-order valence-electron chi connectivity index (χ3n) is 2.68. The van der Waals surface area contributed by atoms with E-state index in [4.69, 9.17) is 0 Å². The van der Waals surface area contributed by atoms with E-state index in [2.05, 4.69) is 19.2 Å². The van der Waals surface area contributed by atoms with Crippen molar-refractivity contribution in [2.45, 2.75) is 46.0 Å². The van der Waals surface area contributed by atoms with Gasteiger partial charge in [0.15, 0.2) is 0 Å². The first kappa shape index (κ1) is 9.56. The first-order valence-electron chi connectivity index (χ1n) is 4.93. The number of amides is 1. The molecule has 0 spiro atoms. The summed E-state index contributed by atoms with van der Waals surface area (Å²) in [6.07, 6.45) is 5.75.